The summed E-state index contributed by atoms with van der Waals surface area (Å²) in [5, 5.41) is 8.85. The molecule has 0 aliphatic heterocycles. The maximum absolute atomic E-state index is 12.8. The van der Waals surface area contributed by atoms with Gasteiger partial charge in [0.25, 0.3) is 0 Å². The van der Waals surface area contributed by atoms with Crippen molar-refractivity contribution >= 4 is 11.8 Å². The lowest BCUT2D eigenvalue weighted by Crippen LogP contribution is -2.19. The molecule has 1 heterocycles. The summed E-state index contributed by atoms with van der Waals surface area (Å²) in [7, 11) is 1.76. The lowest BCUT2D eigenvalue weighted by molar-refractivity contribution is 0.0690. The highest BCUT2D eigenvalue weighted by atomic mass is 19.1. The summed E-state index contributed by atoms with van der Waals surface area (Å²) in [6.07, 6.45) is 2.67. The third-order valence-corrected chi connectivity index (χ3v) is 2.57. The minimum absolute atomic E-state index is 0.108. The quantitative estimate of drug-likeness (QED) is 0.911. The Morgan fingerprint density at radius 3 is 2.63 bits per heavy atom. The van der Waals surface area contributed by atoms with Gasteiger partial charge in [-0.15, -0.1) is 0 Å². The summed E-state index contributed by atoms with van der Waals surface area (Å²) in [6, 6.07) is 6.09. The maximum atomic E-state index is 12.8. The number of carboxylic acids is 1. The van der Waals surface area contributed by atoms with E-state index >= 15 is 0 Å². The molecule has 5 nitrogen and oxygen atoms in total. The first-order chi connectivity index (χ1) is 9.06. The van der Waals surface area contributed by atoms with Crippen molar-refractivity contribution in [1.82, 2.24) is 9.97 Å². The molecule has 1 aromatic heterocycles. The number of hydrogen-bond donors (Lipinski definition) is 1. The third kappa shape index (κ3) is 3.25. The lowest BCUT2D eigenvalue weighted by atomic mass is 10.2. The topological polar surface area (TPSA) is 66.3 Å². The number of carboxylic acid groups (broad SMARTS) is 1. The first kappa shape index (κ1) is 12.9. The van der Waals surface area contributed by atoms with Gasteiger partial charge < -0.3 is 10.0 Å². The highest BCUT2D eigenvalue weighted by Crippen LogP contribution is 2.12. The van der Waals surface area contributed by atoms with Crippen LogP contribution in [0, 0.1) is 5.82 Å². The Morgan fingerprint density at radius 2 is 2.00 bits per heavy atom. The van der Waals surface area contributed by atoms with Crippen LogP contribution in [0.25, 0.3) is 0 Å². The van der Waals surface area contributed by atoms with E-state index in [4.69, 9.17) is 5.11 Å². The Morgan fingerprint density at radius 1 is 1.32 bits per heavy atom. The fourth-order valence-corrected chi connectivity index (χ4v) is 1.59. The number of anilines is 1. The molecule has 19 heavy (non-hydrogen) atoms. The van der Waals surface area contributed by atoms with E-state index in [1.165, 1.54) is 24.5 Å². The first-order valence-electron chi connectivity index (χ1n) is 5.57. The van der Waals surface area contributed by atoms with Gasteiger partial charge in [0, 0.05) is 13.6 Å². The normalized spacial score (nSPS) is 10.2. The highest BCUT2D eigenvalue weighted by molar-refractivity contribution is 5.85. The smallest absolute Gasteiger partial charge is 0.356 e. The summed E-state index contributed by atoms with van der Waals surface area (Å²) in [4.78, 5) is 20.4. The van der Waals surface area contributed by atoms with Gasteiger partial charge in [0.2, 0.25) is 0 Å². The van der Waals surface area contributed by atoms with Crippen LogP contribution in [0.2, 0.25) is 0 Å². The highest BCUT2D eigenvalue weighted by Gasteiger charge is 2.09. The molecular formula is C13H12FN3O2. The van der Waals surface area contributed by atoms with Crippen LogP contribution in [0.1, 0.15) is 16.1 Å². The van der Waals surface area contributed by atoms with Crippen molar-refractivity contribution in [2.75, 3.05) is 11.9 Å². The maximum Gasteiger partial charge on any atom is 0.356 e. The van der Waals surface area contributed by atoms with Gasteiger partial charge in [0.15, 0.2) is 5.69 Å². The number of rotatable bonds is 4. The van der Waals surface area contributed by atoms with Crippen molar-refractivity contribution in [3.8, 4) is 0 Å². The predicted octanol–water partition coefficient (Wildman–Crippen LogP) is 1.95. The van der Waals surface area contributed by atoms with Crippen LogP contribution in [-0.2, 0) is 6.54 Å². The van der Waals surface area contributed by atoms with Gasteiger partial charge in [0.1, 0.15) is 11.6 Å². The molecule has 0 radical (unpaired) electrons. The number of halogens is 1. The molecule has 1 aromatic carbocycles. The predicted molar refractivity (Wildman–Crippen MR) is 67.5 cm³/mol. The van der Waals surface area contributed by atoms with Crippen LogP contribution in [-0.4, -0.2) is 28.1 Å². The number of carbonyl (C=O) groups is 1. The van der Waals surface area contributed by atoms with Gasteiger partial charge >= 0.3 is 5.97 Å². The van der Waals surface area contributed by atoms with E-state index in [1.54, 1.807) is 24.1 Å². The Hall–Kier alpha value is -2.50. The molecule has 1 N–H and O–H groups in total. The number of nitrogens with zero attached hydrogens (tertiary/aromatic N) is 3. The van der Waals surface area contributed by atoms with Crippen molar-refractivity contribution in [1.29, 1.82) is 0 Å². The van der Waals surface area contributed by atoms with Crippen LogP contribution < -0.4 is 4.90 Å². The molecule has 0 saturated heterocycles. The van der Waals surface area contributed by atoms with Gasteiger partial charge in [-0.3, -0.25) is 4.98 Å². The molecule has 0 saturated carbocycles. The second-order valence-corrected chi connectivity index (χ2v) is 4.05. The number of hydrogen-bond acceptors (Lipinski definition) is 4. The molecule has 0 amide bonds. The summed E-state index contributed by atoms with van der Waals surface area (Å²) >= 11 is 0. The van der Waals surface area contributed by atoms with E-state index in [0.29, 0.717) is 12.4 Å². The summed E-state index contributed by atoms with van der Waals surface area (Å²) in [5.41, 5.74) is 0.787. The standard InChI is InChI=1S/C13H12FN3O2/c1-17(8-9-2-4-10(14)5-3-9)12-7-15-6-11(16-12)13(18)19/h2-7H,8H2,1H3,(H,18,19). The average molecular weight is 261 g/mol. The van der Waals surface area contributed by atoms with Gasteiger partial charge in [-0.25, -0.2) is 14.2 Å². The fourth-order valence-electron chi connectivity index (χ4n) is 1.59. The largest absolute Gasteiger partial charge is 0.476 e. The molecule has 6 heteroatoms. The van der Waals surface area contributed by atoms with Crippen molar-refractivity contribution in [2.45, 2.75) is 6.54 Å². The molecular weight excluding hydrogens is 249 g/mol. The van der Waals surface area contributed by atoms with Crippen molar-refractivity contribution in [3.05, 3.63) is 53.7 Å². The Bertz CT molecular complexity index is 587. The Kier molecular flexibility index (Phi) is 3.70. The molecule has 2 aromatic rings. The van der Waals surface area contributed by atoms with Crippen molar-refractivity contribution in [3.63, 3.8) is 0 Å². The third-order valence-electron chi connectivity index (χ3n) is 2.57. The molecule has 0 aliphatic rings. The number of aromatic nitrogens is 2. The Balaban J connectivity index is 2.15. The van der Waals surface area contributed by atoms with Crippen LogP contribution in [0.5, 0.6) is 0 Å². The average Bonchev–Trinajstić information content (AvgIpc) is 2.41. The van der Waals surface area contributed by atoms with Crippen LogP contribution in [0.15, 0.2) is 36.7 Å². The fraction of sp³-hybridized carbons (Fsp3) is 0.154. The van der Waals surface area contributed by atoms with E-state index in [1.807, 2.05) is 0 Å². The van der Waals surface area contributed by atoms with E-state index in [2.05, 4.69) is 9.97 Å². The summed E-state index contributed by atoms with van der Waals surface area (Å²) in [6.45, 7) is 0.484. The van der Waals surface area contributed by atoms with E-state index < -0.39 is 5.97 Å². The molecule has 2 rings (SSSR count). The SMILES string of the molecule is CN(Cc1ccc(F)cc1)c1cncc(C(=O)O)n1. The summed E-state index contributed by atoms with van der Waals surface area (Å²) < 4.78 is 12.8. The van der Waals surface area contributed by atoms with Gasteiger partial charge in [-0.2, -0.15) is 0 Å². The summed E-state index contributed by atoms with van der Waals surface area (Å²) in [5.74, 6) is -0.965. The Labute approximate surface area is 109 Å². The van der Waals surface area contributed by atoms with Crippen LogP contribution in [0.4, 0.5) is 10.2 Å². The van der Waals surface area contributed by atoms with Crippen LogP contribution in [0.3, 0.4) is 0 Å². The van der Waals surface area contributed by atoms with Crippen molar-refractivity contribution in [2.24, 2.45) is 0 Å². The second-order valence-electron chi connectivity index (χ2n) is 4.05. The van der Waals surface area contributed by atoms with Gasteiger partial charge in [0.05, 0.1) is 12.4 Å². The second kappa shape index (κ2) is 5.43. The van der Waals surface area contributed by atoms with Gasteiger partial charge in [-0.05, 0) is 17.7 Å². The molecule has 98 valence electrons. The molecule has 0 aliphatic carbocycles. The molecule has 0 bridgehead atoms. The number of aromatic carboxylic acids is 1. The zero-order chi connectivity index (χ0) is 13.8. The van der Waals surface area contributed by atoms with Crippen molar-refractivity contribution < 1.29 is 14.3 Å². The zero-order valence-corrected chi connectivity index (χ0v) is 10.2. The lowest BCUT2D eigenvalue weighted by Gasteiger charge is -2.17. The van der Waals surface area contributed by atoms with E-state index in [0.717, 1.165) is 5.56 Å². The monoisotopic (exact) mass is 261 g/mol. The van der Waals surface area contributed by atoms with E-state index in [9.17, 15) is 9.18 Å². The van der Waals surface area contributed by atoms with Gasteiger partial charge in [-0.1, -0.05) is 12.1 Å². The van der Waals surface area contributed by atoms with Crippen LogP contribution >= 0.6 is 0 Å². The minimum Gasteiger partial charge on any atom is -0.476 e. The zero-order valence-electron chi connectivity index (χ0n) is 10.2. The first-order valence-corrected chi connectivity index (χ1v) is 5.57. The van der Waals surface area contributed by atoms with E-state index in [-0.39, 0.29) is 11.5 Å². The molecule has 0 spiro atoms. The minimum atomic E-state index is -1.12. The number of benzene rings is 1. The molecule has 0 unspecified atom stereocenters. The molecule has 0 fully saturated rings. The molecule has 0 atom stereocenters.